The number of hydrogen-bond donors (Lipinski definition) is 1. The lowest BCUT2D eigenvalue weighted by atomic mass is 10.3. The maximum atomic E-state index is 11.9. The van der Waals surface area contributed by atoms with Crippen molar-refractivity contribution >= 4 is 12.0 Å². The van der Waals surface area contributed by atoms with Gasteiger partial charge in [-0.1, -0.05) is 0 Å². The lowest BCUT2D eigenvalue weighted by Crippen LogP contribution is -2.24. The number of carbonyl (C=O) groups excluding carboxylic acids is 1. The van der Waals surface area contributed by atoms with Gasteiger partial charge in [0.05, 0.1) is 12.7 Å². The van der Waals surface area contributed by atoms with E-state index in [-0.39, 0.29) is 5.91 Å². The van der Waals surface area contributed by atoms with Crippen LogP contribution < -0.4 is 0 Å². The number of aryl methyl sites for hydroxylation is 2. The average molecular weight is 260 g/mol. The number of H-pyrrole nitrogens is 1. The SMILES string of the molecule is Cc1nc(CN(C)C(=O)C=Cc2cnn(C)c2)n[nH]1. The predicted octanol–water partition coefficient (Wildman–Crippen LogP) is 0.518. The maximum Gasteiger partial charge on any atom is 0.246 e. The summed E-state index contributed by atoms with van der Waals surface area (Å²) >= 11 is 0. The first kappa shape index (κ1) is 13.0. The molecule has 0 bridgehead atoms. The molecule has 1 N–H and O–H groups in total. The van der Waals surface area contributed by atoms with Crippen LogP contribution in [0.25, 0.3) is 6.08 Å². The topological polar surface area (TPSA) is 79.7 Å². The largest absolute Gasteiger partial charge is 0.335 e. The van der Waals surface area contributed by atoms with Crippen LogP contribution in [0.3, 0.4) is 0 Å². The van der Waals surface area contributed by atoms with Gasteiger partial charge in [-0.2, -0.15) is 10.2 Å². The molecule has 0 saturated heterocycles. The molecule has 7 nitrogen and oxygen atoms in total. The van der Waals surface area contributed by atoms with E-state index < -0.39 is 0 Å². The van der Waals surface area contributed by atoms with Gasteiger partial charge < -0.3 is 4.90 Å². The summed E-state index contributed by atoms with van der Waals surface area (Å²) in [6, 6.07) is 0. The van der Waals surface area contributed by atoms with Crippen molar-refractivity contribution in [2.45, 2.75) is 13.5 Å². The molecule has 0 radical (unpaired) electrons. The van der Waals surface area contributed by atoms with Crippen molar-refractivity contribution in [3.8, 4) is 0 Å². The lowest BCUT2D eigenvalue weighted by Gasteiger charge is -2.12. The molecule has 0 saturated carbocycles. The molecular formula is C12H16N6O. The highest BCUT2D eigenvalue weighted by molar-refractivity contribution is 5.91. The number of amides is 1. The van der Waals surface area contributed by atoms with Crippen LogP contribution >= 0.6 is 0 Å². The van der Waals surface area contributed by atoms with Gasteiger partial charge >= 0.3 is 0 Å². The molecular weight excluding hydrogens is 244 g/mol. The Morgan fingerprint density at radius 3 is 2.95 bits per heavy atom. The summed E-state index contributed by atoms with van der Waals surface area (Å²) in [5.74, 6) is 1.23. The van der Waals surface area contributed by atoms with Crippen molar-refractivity contribution in [2.75, 3.05) is 7.05 Å². The Labute approximate surface area is 110 Å². The van der Waals surface area contributed by atoms with Crippen LogP contribution in [0.5, 0.6) is 0 Å². The molecule has 0 aliphatic carbocycles. The minimum atomic E-state index is -0.105. The molecule has 0 aromatic carbocycles. The van der Waals surface area contributed by atoms with Gasteiger partial charge in [0.25, 0.3) is 0 Å². The van der Waals surface area contributed by atoms with Gasteiger partial charge in [0.2, 0.25) is 5.91 Å². The maximum absolute atomic E-state index is 11.9. The number of nitrogens with one attached hydrogen (secondary N) is 1. The number of aromatic nitrogens is 5. The number of carbonyl (C=O) groups is 1. The van der Waals surface area contributed by atoms with E-state index in [0.29, 0.717) is 12.4 Å². The zero-order chi connectivity index (χ0) is 13.8. The van der Waals surface area contributed by atoms with Crippen LogP contribution in [-0.4, -0.2) is 42.8 Å². The number of hydrogen-bond acceptors (Lipinski definition) is 4. The van der Waals surface area contributed by atoms with Crippen LogP contribution in [0.4, 0.5) is 0 Å². The molecule has 0 atom stereocenters. The molecule has 100 valence electrons. The summed E-state index contributed by atoms with van der Waals surface area (Å²) in [5.41, 5.74) is 0.887. The molecule has 1 amide bonds. The van der Waals surface area contributed by atoms with Crippen molar-refractivity contribution in [3.05, 3.63) is 35.7 Å². The van der Waals surface area contributed by atoms with Gasteiger partial charge in [0.1, 0.15) is 5.82 Å². The summed E-state index contributed by atoms with van der Waals surface area (Å²) < 4.78 is 1.68. The summed E-state index contributed by atoms with van der Waals surface area (Å²) in [7, 11) is 3.54. The minimum Gasteiger partial charge on any atom is -0.335 e. The lowest BCUT2D eigenvalue weighted by molar-refractivity contribution is -0.125. The van der Waals surface area contributed by atoms with E-state index in [1.807, 2.05) is 20.2 Å². The molecule has 0 aliphatic heterocycles. The zero-order valence-corrected chi connectivity index (χ0v) is 11.2. The zero-order valence-electron chi connectivity index (χ0n) is 11.2. The van der Waals surface area contributed by atoms with E-state index in [9.17, 15) is 4.79 Å². The van der Waals surface area contributed by atoms with Gasteiger partial charge in [-0.3, -0.25) is 14.6 Å². The molecule has 0 fully saturated rings. The number of likely N-dealkylation sites (N-methyl/N-ethyl adjacent to an activating group) is 1. The van der Waals surface area contributed by atoms with Gasteiger partial charge in [-0.05, 0) is 13.0 Å². The fraction of sp³-hybridized carbons (Fsp3) is 0.333. The van der Waals surface area contributed by atoms with Crippen molar-refractivity contribution < 1.29 is 4.79 Å². The normalized spacial score (nSPS) is 11.1. The molecule has 0 unspecified atom stereocenters. The fourth-order valence-electron chi connectivity index (χ4n) is 1.57. The number of aromatic amines is 1. The van der Waals surface area contributed by atoms with Crippen LogP contribution in [0.15, 0.2) is 18.5 Å². The van der Waals surface area contributed by atoms with Gasteiger partial charge in [0.15, 0.2) is 5.82 Å². The molecule has 0 aliphatic rings. The molecule has 0 spiro atoms. The highest BCUT2D eigenvalue weighted by atomic mass is 16.2. The molecule has 2 heterocycles. The Hall–Kier alpha value is -2.44. The number of rotatable bonds is 4. The first-order valence-corrected chi connectivity index (χ1v) is 5.84. The van der Waals surface area contributed by atoms with Crippen LogP contribution in [0, 0.1) is 6.92 Å². The molecule has 2 aromatic heterocycles. The third-order valence-electron chi connectivity index (χ3n) is 2.54. The third-order valence-corrected chi connectivity index (χ3v) is 2.54. The van der Waals surface area contributed by atoms with E-state index in [1.54, 1.807) is 28.9 Å². The molecule has 7 heteroatoms. The van der Waals surface area contributed by atoms with Gasteiger partial charge in [-0.15, -0.1) is 0 Å². The fourth-order valence-corrected chi connectivity index (χ4v) is 1.57. The minimum absolute atomic E-state index is 0.105. The molecule has 19 heavy (non-hydrogen) atoms. The van der Waals surface area contributed by atoms with Gasteiger partial charge in [0, 0.05) is 31.9 Å². The highest BCUT2D eigenvalue weighted by Crippen LogP contribution is 2.02. The van der Waals surface area contributed by atoms with Gasteiger partial charge in [-0.25, -0.2) is 4.98 Å². The van der Waals surface area contributed by atoms with Crippen LogP contribution in [-0.2, 0) is 18.4 Å². The predicted molar refractivity (Wildman–Crippen MR) is 69.8 cm³/mol. The summed E-state index contributed by atoms with van der Waals surface area (Å²) in [6.45, 7) is 2.20. The second-order valence-corrected chi connectivity index (χ2v) is 4.31. The number of nitrogens with zero attached hydrogens (tertiary/aromatic N) is 5. The average Bonchev–Trinajstić information content (AvgIpc) is 2.95. The van der Waals surface area contributed by atoms with E-state index in [1.165, 1.54) is 6.08 Å². The second kappa shape index (κ2) is 5.47. The third kappa shape index (κ3) is 3.51. The summed E-state index contributed by atoms with van der Waals surface area (Å²) in [4.78, 5) is 17.6. The van der Waals surface area contributed by atoms with E-state index in [4.69, 9.17) is 0 Å². The Bertz CT molecular complexity index is 597. The highest BCUT2D eigenvalue weighted by Gasteiger charge is 2.08. The summed E-state index contributed by atoms with van der Waals surface area (Å²) in [5, 5.41) is 10.8. The summed E-state index contributed by atoms with van der Waals surface area (Å²) in [6.07, 6.45) is 6.77. The van der Waals surface area contributed by atoms with E-state index in [2.05, 4.69) is 20.3 Å². The van der Waals surface area contributed by atoms with E-state index in [0.717, 1.165) is 11.4 Å². The molecule has 2 aromatic rings. The smallest absolute Gasteiger partial charge is 0.246 e. The Morgan fingerprint density at radius 2 is 2.37 bits per heavy atom. The van der Waals surface area contributed by atoms with Crippen LogP contribution in [0.1, 0.15) is 17.2 Å². The quantitative estimate of drug-likeness (QED) is 0.813. The molecule has 2 rings (SSSR count). The van der Waals surface area contributed by atoms with Crippen LogP contribution in [0.2, 0.25) is 0 Å². The van der Waals surface area contributed by atoms with Crippen molar-refractivity contribution in [3.63, 3.8) is 0 Å². The van der Waals surface area contributed by atoms with Crippen molar-refractivity contribution in [1.29, 1.82) is 0 Å². The van der Waals surface area contributed by atoms with E-state index >= 15 is 0 Å². The second-order valence-electron chi connectivity index (χ2n) is 4.31. The van der Waals surface area contributed by atoms with Crippen molar-refractivity contribution in [2.24, 2.45) is 7.05 Å². The standard InChI is InChI=1S/C12H16N6O/c1-9-14-11(16-15-9)8-17(2)12(19)5-4-10-6-13-18(3)7-10/h4-7H,8H2,1-3H3,(H,14,15,16). The Balaban J connectivity index is 1.94. The Morgan fingerprint density at radius 1 is 1.58 bits per heavy atom. The monoisotopic (exact) mass is 260 g/mol. The Kier molecular flexibility index (Phi) is 3.74. The van der Waals surface area contributed by atoms with Crippen molar-refractivity contribution in [1.82, 2.24) is 29.9 Å². The first-order valence-electron chi connectivity index (χ1n) is 5.84. The first-order chi connectivity index (χ1) is 9.04.